The largest absolute Gasteiger partial charge is 0.388 e. The van der Waals surface area contributed by atoms with Crippen LogP contribution in [-0.2, 0) is 0 Å². The monoisotopic (exact) mass is 304 g/mol. The molecule has 1 atom stereocenters. The number of Topliss-reactive ketones (excluding diaryl/α,β-unsaturated/α-hetero) is 1. The summed E-state index contributed by atoms with van der Waals surface area (Å²) in [6.45, 7) is 7.48. The van der Waals surface area contributed by atoms with Gasteiger partial charge in [0, 0.05) is 17.8 Å². The molecule has 22 heavy (non-hydrogen) atoms. The van der Waals surface area contributed by atoms with Crippen molar-refractivity contribution in [3.8, 4) is 0 Å². The first-order chi connectivity index (χ1) is 10.2. The molecule has 1 heterocycles. The average Bonchev–Trinajstić information content (AvgIpc) is 2.87. The number of carbonyl (C=O) groups is 2. The van der Waals surface area contributed by atoms with E-state index in [1.807, 2.05) is 6.92 Å². The molecule has 5 nitrogen and oxygen atoms in total. The standard InChI is InChI=1S/C17H24N2O3/c1-11-10-13(7-8-14(11)12(2)20)18-16(21)19-9-5-6-15(19)17(3,4)22/h7-8,10,15,22H,5-6,9H2,1-4H3,(H,18,21). The van der Waals surface area contributed by atoms with E-state index >= 15 is 0 Å². The number of hydrogen-bond donors (Lipinski definition) is 2. The fourth-order valence-electron chi connectivity index (χ4n) is 3.08. The summed E-state index contributed by atoms with van der Waals surface area (Å²) in [6.07, 6.45) is 1.70. The maximum Gasteiger partial charge on any atom is 0.322 e. The molecule has 1 aliphatic heterocycles. The predicted molar refractivity (Wildman–Crippen MR) is 86.2 cm³/mol. The SMILES string of the molecule is CC(=O)c1ccc(NC(=O)N2CCCC2C(C)(C)O)cc1C. The molecule has 1 aromatic carbocycles. The van der Waals surface area contributed by atoms with E-state index in [9.17, 15) is 14.7 Å². The fourth-order valence-corrected chi connectivity index (χ4v) is 3.08. The number of ketones is 1. The van der Waals surface area contributed by atoms with Gasteiger partial charge in [-0.1, -0.05) is 0 Å². The first-order valence-electron chi connectivity index (χ1n) is 7.61. The third-order valence-corrected chi connectivity index (χ3v) is 4.19. The number of nitrogens with one attached hydrogen (secondary N) is 1. The second-order valence-electron chi connectivity index (χ2n) is 6.52. The molecule has 1 aromatic rings. The van der Waals surface area contributed by atoms with Crippen LogP contribution >= 0.6 is 0 Å². The van der Waals surface area contributed by atoms with Gasteiger partial charge in [-0.2, -0.15) is 0 Å². The number of likely N-dealkylation sites (tertiary alicyclic amines) is 1. The molecule has 0 spiro atoms. The fraction of sp³-hybridized carbons (Fsp3) is 0.529. The van der Waals surface area contributed by atoms with Crippen LogP contribution < -0.4 is 5.32 Å². The first-order valence-corrected chi connectivity index (χ1v) is 7.61. The molecule has 1 fully saturated rings. The lowest BCUT2D eigenvalue weighted by Gasteiger charge is -2.33. The molecule has 1 unspecified atom stereocenters. The lowest BCUT2D eigenvalue weighted by Crippen LogP contribution is -2.49. The Morgan fingerprint density at radius 3 is 2.59 bits per heavy atom. The summed E-state index contributed by atoms with van der Waals surface area (Å²) in [5.74, 6) is 0.0111. The molecule has 2 N–H and O–H groups in total. The Balaban J connectivity index is 2.12. The van der Waals surface area contributed by atoms with Crippen molar-refractivity contribution in [3.63, 3.8) is 0 Å². The van der Waals surface area contributed by atoms with Gasteiger partial charge in [0.25, 0.3) is 0 Å². The zero-order valence-electron chi connectivity index (χ0n) is 13.6. The summed E-state index contributed by atoms with van der Waals surface area (Å²) in [5, 5.41) is 13.0. The number of amides is 2. The highest BCUT2D eigenvalue weighted by Crippen LogP contribution is 2.27. The van der Waals surface area contributed by atoms with Crippen molar-refractivity contribution >= 4 is 17.5 Å². The van der Waals surface area contributed by atoms with Gasteiger partial charge >= 0.3 is 6.03 Å². The van der Waals surface area contributed by atoms with Crippen LogP contribution in [0.4, 0.5) is 10.5 Å². The van der Waals surface area contributed by atoms with Gasteiger partial charge < -0.3 is 15.3 Å². The van der Waals surface area contributed by atoms with Crippen molar-refractivity contribution in [2.45, 2.75) is 52.2 Å². The molecule has 0 radical (unpaired) electrons. The number of carbonyl (C=O) groups excluding carboxylic acids is 2. The minimum absolute atomic E-state index is 0.0111. The molecule has 2 amide bonds. The molecule has 1 aliphatic rings. The highest BCUT2D eigenvalue weighted by molar-refractivity contribution is 5.97. The van der Waals surface area contributed by atoms with Gasteiger partial charge in [0.05, 0.1) is 11.6 Å². The normalized spacial score (nSPS) is 18.4. The number of benzene rings is 1. The van der Waals surface area contributed by atoms with E-state index in [-0.39, 0.29) is 17.9 Å². The number of aliphatic hydroxyl groups is 1. The molecule has 0 aliphatic carbocycles. The van der Waals surface area contributed by atoms with E-state index in [0.717, 1.165) is 18.4 Å². The van der Waals surface area contributed by atoms with Crippen LogP contribution in [0.3, 0.4) is 0 Å². The van der Waals surface area contributed by atoms with Crippen LogP contribution in [0.5, 0.6) is 0 Å². The maximum atomic E-state index is 12.4. The zero-order valence-corrected chi connectivity index (χ0v) is 13.6. The number of nitrogens with zero attached hydrogens (tertiary/aromatic N) is 1. The average molecular weight is 304 g/mol. The smallest absolute Gasteiger partial charge is 0.322 e. The van der Waals surface area contributed by atoms with E-state index < -0.39 is 5.60 Å². The minimum Gasteiger partial charge on any atom is -0.388 e. The third kappa shape index (κ3) is 3.47. The van der Waals surface area contributed by atoms with Crippen LogP contribution in [0.1, 0.15) is 49.5 Å². The summed E-state index contributed by atoms with van der Waals surface area (Å²) in [6, 6.07) is 4.87. The van der Waals surface area contributed by atoms with E-state index in [1.165, 1.54) is 6.92 Å². The molecule has 0 bridgehead atoms. The molecular formula is C17H24N2O3. The Morgan fingerprint density at radius 2 is 2.05 bits per heavy atom. The lowest BCUT2D eigenvalue weighted by atomic mass is 9.97. The maximum absolute atomic E-state index is 12.4. The zero-order chi connectivity index (χ0) is 16.5. The van der Waals surface area contributed by atoms with Gasteiger partial charge in [0.15, 0.2) is 5.78 Å². The summed E-state index contributed by atoms with van der Waals surface area (Å²) in [7, 11) is 0. The van der Waals surface area contributed by atoms with Crippen molar-refractivity contribution in [1.82, 2.24) is 4.90 Å². The van der Waals surface area contributed by atoms with E-state index in [4.69, 9.17) is 0 Å². The molecule has 0 aromatic heterocycles. The van der Waals surface area contributed by atoms with E-state index in [0.29, 0.717) is 17.8 Å². The first kappa shape index (κ1) is 16.5. The van der Waals surface area contributed by atoms with Crippen molar-refractivity contribution in [2.24, 2.45) is 0 Å². The molecule has 2 rings (SSSR count). The van der Waals surface area contributed by atoms with Crippen molar-refractivity contribution in [2.75, 3.05) is 11.9 Å². The van der Waals surface area contributed by atoms with Gasteiger partial charge in [-0.25, -0.2) is 4.79 Å². The van der Waals surface area contributed by atoms with Crippen molar-refractivity contribution < 1.29 is 14.7 Å². The quantitative estimate of drug-likeness (QED) is 0.843. The molecule has 1 saturated heterocycles. The summed E-state index contributed by atoms with van der Waals surface area (Å²) in [5.41, 5.74) is 1.25. The Morgan fingerprint density at radius 1 is 1.36 bits per heavy atom. The van der Waals surface area contributed by atoms with Crippen LogP contribution in [-0.4, -0.2) is 40.0 Å². The summed E-state index contributed by atoms with van der Waals surface area (Å²) < 4.78 is 0. The minimum atomic E-state index is -0.914. The van der Waals surface area contributed by atoms with Gasteiger partial charge in [-0.05, 0) is 64.3 Å². The topological polar surface area (TPSA) is 69.6 Å². The second-order valence-corrected chi connectivity index (χ2v) is 6.52. The van der Waals surface area contributed by atoms with Gasteiger partial charge in [-0.15, -0.1) is 0 Å². The number of urea groups is 1. The van der Waals surface area contributed by atoms with Crippen molar-refractivity contribution in [1.29, 1.82) is 0 Å². The Kier molecular flexibility index (Phi) is 4.56. The molecule has 120 valence electrons. The Labute approximate surface area is 131 Å². The third-order valence-electron chi connectivity index (χ3n) is 4.19. The molecular weight excluding hydrogens is 280 g/mol. The number of aryl methyl sites for hydroxylation is 1. The number of rotatable bonds is 3. The number of anilines is 1. The van der Waals surface area contributed by atoms with Gasteiger partial charge in [-0.3, -0.25) is 4.79 Å². The Hall–Kier alpha value is -1.88. The second kappa shape index (κ2) is 6.08. The lowest BCUT2D eigenvalue weighted by molar-refractivity contribution is 0.0117. The predicted octanol–water partition coefficient (Wildman–Crippen LogP) is 2.96. The van der Waals surface area contributed by atoms with Crippen LogP contribution in [0.15, 0.2) is 18.2 Å². The van der Waals surface area contributed by atoms with E-state index in [1.54, 1.807) is 36.9 Å². The summed E-state index contributed by atoms with van der Waals surface area (Å²) >= 11 is 0. The number of hydrogen-bond acceptors (Lipinski definition) is 3. The highest BCUT2D eigenvalue weighted by atomic mass is 16.3. The molecule has 0 saturated carbocycles. The Bertz CT molecular complexity index is 590. The van der Waals surface area contributed by atoms with Crippen molar-refractivity contribution in [3.05, 3.63) is 29.3 Å². The summed E-state index contributed by atoms with van der Waals surface area (Å²) in [4.78, 5) is 25.6. The molecule has 5 heteroatoms. The van der Waals surface area contributed by atoms with Crippen LogP contribution in [0.25, 0.3) is 0 Å². The highest BCUT2D eigenvalue weighted by Gasteiger charge is 2.38. The van der Waals surface area contributed by atoms with Gasteiger partial charge in [0.1, 0.15) is 0 Å². The van der Waals surface area contributed by atoms with E-state index in [2.05, 4.69) is 5.32 Å². The van der Waals surface area contributed by atoms with Crippen LogP contribution in [0.2, 0.25) is 0 Å². The van der Waals surface area contributed by atoms with Crippen LogP contribution in [0, 0.1) is 6.92 Å². The van der Waals surface area contributed by atoms with Gasteiger partial charge in [0.2, 0.25) is 0 Å².